The average molecular weight is 469 g/mol. The van der Waals surface area contributed by atoms with Crippen LogP contribution in [0.15, 0.2) is 42.0 Å². The number of amides is 1. The Morgan fingerprint density at radius 2 is 1.71 bits per heavy atom. The normalized spacial score (nSPS) is 17.4. The molecule has 1 atom stereocenters. The van der Waals surface area contributed by atoms with Gasteiger partial charge in [0.15, 0.2) is 0 Å². The first-order valence-corrected chi connectivity index (χ1v) is 11.0. The van der Waals surface area contributed by atoms with Gasteiger partial charge < -0.3 is 29.1 Å². The highest BCUT2D eigenvalue weighted by molar-refractivity contribution is 6.46. The number of nitrogens with zero attached hydrogens (tertiary/aromatic N) is 2. The van der Waals surface area contributed by atoms with Crippen LogP contribution < -0.4 is 14.2 Å². The summed E-state index contributed by atoms with van der Waals surface area (Å²) in [5, 5.41) is 11.3. The van der Waals surface area contributed by atoms with E-state index in [-0.39, 0.29) is 11.3 Å². The zero-order valence-electron chi connectivity index (χ0n) is 20.5. The Bertz CT molecular complexity index is 1110. The summed E-state index contributed by atoms with van der Waals surface area (Å²) < 4.78 is 16.2. The Kier molecular flexibility index (Phi) is 7.83. The van der Waals surface area contributed by atoms with Gasteiger partial charge >= 0.3 is 0 Å². The quantitative estimate of drug-likeness (QED) is 0.343. The fourth-order valence-electron chi connectivity index (χ4n) is 4.22. The van der Waals surface area contributed by atoms with Crippen LogP contribution in [0.2, 0.25) is 0 Å². The number of Topliss-reactive ketones (excluding diaryl/α,β-unsaturated/α-hetero) is 1. The van der Waals surface area contributed by atoms with Crippen LogP contribution in [-0.2, 0) is 9.59 Å². The van der Waals surface area contributed by atoms with Gasteiger partial charge in [0.1, 0.15) is 23.0 Å². The lowest BCUT2D eigenvalue weighted by Gasteiger charge is -2.27. The first-order valence-electron chi connectivity index (χ1n) is 11.0. The monoisotopic (exact) mass is 468 g/mol. The molecule has 0 aliphatic carbocycles. The molecular formula is C26H32N2O6. The Balaban J connectivity index is 2.18. The molecule has 0 spiro atoms. The van der Waals surface area contributed by atoms with Crippen molar-refractivity contribution in [3.05, 3.63) is 58.7 Å². The van der Waals surface area contributed by atoms with Gasteiger partial charge in [-0.25, -0.2) is 0 Å². The summed E-state index contributed by atoms with van der Waals surface area (Å²) in [5.41, 5.74) is 1.86. The number of carbonyl (C=O) groups excluding carboxylic acids is 2. The van der Waals surface area contributed by atoms with E-state index < -0.39 is 17.7 Å². The summed E-state index contributed by atoms with van der Waals surface area (Å²) >= 11 is 0. The van der Waals surface area contributed by atoms with Crippen molar-refractivity contribution >= 4 is 17.4 Å². The molecule has 8 nitrogen and oxygen atoms in total. The number of methoxy groups -OCH3 is 3. The van der Waals surface area contributed by atoms with E-state index in [2.05, 4.69) is 0 Å². The number of rotatable bonds is 9. The first-order chi connectivity index (χ1) is 16.2. The lowest BCUT2D eigenvalue weighted by Crippen LogP contribution is -2.32. The molecule has 8 heteroatoms. The first kappa shape index (κ1) is 25.1. The third-order valence-corrected chi connectivity index (χ3v) is 5.95. The van der Waals surface area contributed by atoms with Gasteiger partial charge in [0.25, 0.3) is 11.7 Å². The molecular weight excluding hydrogens is 436 g/mol. The van der Waals surface area contributed by atoms with Crippen molar-refractivity contribution in [1.82, 2.24) is 9.80 Å². The highest BCUT2D eigenvalue weighted by atomic mass is 16.5. The lowest BCUT2D eigenvalue weighted by molar-refractivity contribution is -0.140. The second kappa shape index (κ2) is 10.6. The Morgan fingerprint density at radius 3 is 2.29 bits per heavy atom. The van der Waals surface area contributed by atoms with Crippen LogP contribution in [0.4, 0.5) is 0 Å². The zero-order valence-corrected chi connectivity index (χ0v) is 20.5. The summed E-state index contributed by atoms with van der Waals surface area (Å²) in [7, 11) is 8.53. The number of hydrogen-bond donors (Lipinski definition) is 1. The number of aliphatic hydroxyl groups excluding tert-OH is 1. The summed E-state index contributed by atoms with van der Waals surface area (Å²) in [6, 6.07) is 9.53. The van der Waals surface area contributed by atoms with E-state index in [0.29, 0.717) is 41.3 Å². The number of hydrogen-bond acceptors (Lipinski definition) is 7. The minimum atomic E-state index is -0.801. The van der Waals surface area contributed by atoms with E-state index in [1.807, 2.05) is 25.9 Å². The smallest absolute Gasteiger partial charge is 0.295 e. The van der Waals surface area contributed by atoms with Crippen LogP contribution in [-0.4, -0.2) is 75.1 Å². The van der Waals surface area contributed by atoms with Gasteiger partial charge in [-0.15, -0.1) is 0 Å². The number of aliphatic hydroxyl groups is 1. The molecule has 2 aromatic carbocycles. The Morgan fingerprint density at radius 1 is 1.00 bits per heavy atom. The standard InChI is InChI=1S/C26H32N2O6/c1-16-14-17(8-11-20(16)33-5)24(29)22-23(19-10-9-18(32-4)15-21(19)34-6)28(26(31)25(22)30)13-7-12-27(2)3/h8-11,14-15,23,29H,7,12-13H2,1-6H3/t23-/m1/s1. The van der Waals surface area contributed by atoms with Crippen molar-refractivity contribution in [3.63, 3.8) is 0 Å². The molecule has 0 saturated carbocycles. The van der Waals surface area contributed by atoms with E-state index >= 15 is 0 Å². The molecule has 0 aromatic heterocycles. The molecule has 1 fully saturated rings. The number of likely N-dealkylation sites (tertiary alicyclic amines) is 1. The molecule has 1 heterocycles. The molecule has 34 heavy (non-hydrogen) atoms. The molecule has 1 saturated heterocycles. The summed E-state index contributed by atoms with van der Waals surface area (Å²) in [4.78, 5) is 29.9. The van der Waals surface area contributed by atoms with Crippen molar-refractivity contribution < 1.29 is 28.9 Å². The molecule has 1 aliphatic heterocycles. The number of ketones is 1. The molecule has 182 valence electrons. The Hall–Kier alpha value is -3.52. The molecule has 1 amide bonds. The van der Waals surface area contributed by atoms with Crippen molar-refractivity contribution in [2.75, 3.05) is 48.5 Å². The molecule has 1 N–H and O–H groups in total. The van der Waals surface area contributed by atoms with E-state index in [9.17, 15) is 14.7 Å². The predicted molar refractivity (Wildman–Crippen MR) is 129 cm³/mol. The summed E-state index contributed by atoms with van der Waals surface area (Å²) in [5.74, 6) is 0.0971. The van der Waals surface area contributed by atoms with E-state index in [4.69, 9.17) is 14.2 Å². The van der Waals surface area contributed by atoms with E-state index in [1.54, 1.807) is 50.6 Å². The summed E-state index contributed by atoms with van der Waals surface area (Å²) in [6.45, 7) is 2.94. The second-order valence-electron chi connectivity index (χ2n) is 8.44. The van der Waals surface area contributed by atoms with Gasteiger partial charge in [-0.2, -0.15) is 0 Å². The number of aryl methyl sites for hydroxylation is 1. The molecule has 1 aliphatic rings. The topological polar surface area (TPSA) is 88.5 Å². The SMILES string of the molecule is COc1ccc([C@@H]2C(=C(O)c3ccc(OC)c(C)c3)C(=O)C(=O)N2CCCN(C)C)c(OC)c1. The van der Waals surface area contributed by atoms with Crippen molar-refractivity contribution in [3.8, 4) is 17.2 Å². The Labute approximate surface area is 200 Å². The van der Waals surface area contributed by atoms with Gasteiger partial charge in [0, 0.05) is 23.7 Å². The van der Waals surface area contributed by atoms with Gasteiger partial charge in [0.2, 0.25) is 0 Å². The largest absolute Gasteiger partial charge is 0.507 e. The molecule has 0 unspecified atom stereocenters. The van der Waals surface area contributed by atoms with Gasteiger partial charge in [0.05, 0.1) is 32.9 Å². The third kappa shape index (κ3) is 4.87. The van der Waals surface area contributed by atoms with Crippen LogP contribution in [0.5, 0.6) is 17.2 Å². The predicted octanol–water partition coefficient (Wildman–Crippen LogP) is 3.39. The fraction of sp³-hybridized carbons (Fsp3) is 0.385. The maximum absolute atomic E-state index is 13.2. The van der Waals surface area contributed by atoms with Crippen molar-refractivity contribution in [2.24, 2.45) is 0 Å². The van der Waals surface area contributed by atoms with Crippen LogP contribution >= 0.6 is 0 Å². The maximum Gasteiger partial charge on any atom is 0.295 e. The van der Waals surface area contributed by atoms with Crippen molar-refractivity contribution in [2.45, 2.75) is 19.4 Å². The zero-order chi connectivity index (χ0) is 25.0. The van der Waals surface area contributed by atoms with Gasteiger partial charge in [-0.05, 0) is 69.9 Å². The molecule has 0 bridgehead atoms. The lowest BCUT2D eigenvalue weighted by atomic mass is 9.94. The van der Waals surface area contributed by atoms with Crippen molar-refractivity contribution in [1.29, 1.82) is 0 Å². The van der Waals surface area contributed by atoms with Crippen LogP contribution in [0.3, 0.4) is 0 Å². The second-order valence-corrected chi connectivity index (χ2v) is 8.44. The number of ether oxygens (including phenoxy) is 3. The van der Waals surface area contributed by atoms with Crippen LogP contribution in [0, 0.1) is 6.92 Å². The van der Waals surface area contributed by atoms with Gasteiger partial charge in [-0.1, -0.05) is 0 Å². The molecule has 0 radical (unpaired) electrons. The molecule has 3 rings (SSSR count). The minimum absolute atomic E-state index is 0.0305. The minimum Gasteiger partial charge on any atom is -0.507 e. The average Bonchev–Trinajstić information content (AvgIpc) is 3.07. The number of carbonyl (C=O) groups is 2. The molecule has 2 aromatic rings. The highest BCUT2D eigenvalue weighted by Crippen LogP contribution is 2.44. The van der Waals surface area contributed by atoms with Gasteiger partial charge in [-0.3, -0.25) is 9.59 Å². The number of benzene rings is 2. The fourth-order valence-corrected chi connectivity index (χ4v) is 4.22. The van der Waals surface area contributed by atoms with Crippen LogP contribution in [0.25, 0.3) is 5.76 Å². The summed E-state index contributed by atoms with van der Waals surface area (Å²) in [6.07, 6.45) is 0.663. The maximum atomic E-state index is 13.2. The van der Waals surface area contributed by atoms with Crippen LogP contribution in [0.1, 0.15) is 29.2 Å². The van der Waals surface area contributed by atoms with E-state index in [0.717, 1.165) is 12.1 Å². The highest BCUT2D eigenvalue weighted by Gasteiger charge is 2.46. The van der Waals surface area contributed by atoms with E-state index in [1.165, 1.54) is 12.0 Å². The third-order valence-electron chi connectivity index (χ3n) is 5.95.